The van der Waals surface area contributed by atoms with E-state index in [1.165, 1.54) is 32.1 Å². The lowest BCUT2D eigenvalue weighted by molar-refractivity contribution is 0.315. The highest BCUT2D eigenvalue weighted by molar-refractivity contribution is 5.31. The fourth-order valence-corrected chi connectivity index (χ4v) is 3.07. The van der Waals surface area contributed by atoms with Crippen LogP contribution >= 0.6 is 0 Å². The highest BCUT2D eigenvalue weighted by atomic mass is 15.2. The summed E-state index contributed by atoms with van der Waals surface area (Å²) in [5.41, 5.74) is 1.11. The monoisotopic (exact) mass is 249 g/mol. The highest BCUT2D eigenvalue weighted by Crippen LogP contribution is 2.29. The summed E-state index contributed by atoms with van der Waals surface area (Å²) in [6.45, 7) is 8.81. The van der Waals surface area contributed by atoms with Crippen LogP contribution in [0.15, 0.2) is 6.20 Å². The lowest BCUT2D eigenvalue weighted by Gasteiger charge is -2.32. The predicted molar refractivity (Wildman–Crippen MR) is 77.0 cm³/mol. The molecule has 0 spiro atoms. The average molecular weight is 249 g/mol. The molecule has 0 aliphatic heterocycles. The lowest BCUT2D eigenvalue weighted by atomic mass is 9.83. The first kappa shape index (κ1) is 13.4. The summed E-state index contributed by atoms with van der Waals surface area (Å²) >= 11 is 0. The van der Waals surface area contributed by atoms with Gasteiger partial charge in [-0.3, -0.25) is 0 Å². The molecule has 0 amide bonds. The minimum atomic E-state index is 0.470. The van der Waals surface area contributed by atoms with Crippen LogP contribution < -0.4 is 5.32 Å². The first-order valence-electron chi connectivity index (χ1n) is 7.43. The fraction of sp³-hybridized carbons (Fsp3) is 0.800. The Morgan fingerprint density at radius 3 is 2.78 bits per heavy atom. The van der Waals surface area contributed by atoms with E-state index in [2.05, 4.69) is 48.8 Å². The minimum Gasteiger partial charge on any atom is -0.353 e. The smallest absolute Gasteiger partial charge is 0.203 e. The number of aryl methyl sites for hydroxylation is 1. The molecule has 0 bridgehead atoms. The molecule has 3 nitrogen and oxygen atoms in total. The van der Waals surface area contributed by atoms with Crippen molar-refractivity contribution in [3.05, 3.63) is 11.9 Å². The number of imidazole rings is 1. The van der Waals surface area contributed by atoms with Gasteiger partial charge in [0.2, 0.25) is 5.95 Å². The van der Waals surface area contributed by atoms with Gasteiger partial charge in [-0.05, 0) is 39.5 Å². The minimum absolute atomic E-state index is 0.470. The Hall–Kier alpha value is -0.990. The van der Waals surface area contributed by atoms with Gasteiger partial charge in [0, 0.05) is 18.3 Å². The second-order valence-corrected chi connectivity index (χ2v) is 5.91. The number of anilines is 1. The molecule has 0 radical (unpaired) electrons. The molecule has 1 aromatic heterocycles. The molecule has 2 atom stereocenters. The van der Waals surface area contributed by atoms with E-state index in [9.17, 15) is 0 Å². The summed E-state index contributed by atoms with van der Waals surface area (Å²) in [7, 11) is 0. The Bertz CT molecular complexity index is 381. The van der Waals surface area contributed by atoms with Crippen LogP contribution in [0.1, 0.15) is 64.6 Å². The van der Waals surface area contributed by atoms with Crippen LogP contribution in [0.5, 0.6) is 0 Å². The van der Waals surface area contributed by atoms with Crippen LogP contribution in [0.3, 0.4) is 0 Å². The van der Waals surface area contributed by atoms with Crippen molar-refractivity contribution in [1.82, 2.24) is 9.55 Å². The second-order valence-electron chi connectivity index (χ2n) is 5.91. The van der Waals surface area contributed by atoms with E-state index in [1.54, 1.807) is 0 Å². The molecule has 1 aliphatic rings. The van der Waals surface area contributed by atoms with Crippen molar-refractivity contribution in [3.8, 4) is 0 Å². The third-order valence-electron chi connectivity index (χ3n) is 4.16. The maximum Gasteiger partial charge on any atom is 0.203 e. The van der Waals surface area contributed by atoms with Gasteiger partial charge in [-0.1, -0.05) is 26.2 Å². The van der Waals surface area contributed by atoms with Crippen molar-refractivity contribution >= 4 is 5.95 Å². The average Bonchev–Trinajstić information content (AvgIpc) is 2.71. The Morgan fingerprint density at radius 1 is 1.39 bits per heavy atom. The standard InChI is InChI=1S/C15H27N3/c1-5-13-8-6-7-9-14(13)17-15-16-12(4)10-18(15)11(2)3/h10-11,13-14H,5-9H2,1-4H3,(H,16,17). The van der Waals surface area contributed by atoms with E-state index in [1.807, 2.05) is 0 Å². The van der Waals surface area contributed by atoms with Gasteiger partial charge < -0.3 is 9.88 Å². The summed E-state index contributed by atoms with van der Waals surface area (Å²) in [6.07, 6.45) is 8.84. The largest absolute Gasteiger partial charge is 0.353 e. The van der Waals surface area contributed by atoms with Gasteiger partial charge in [-0.2, -0.15) is 0 Å². The maximum absolute atomic E-state index is 4.65. The lowest BCUT2D eigenvalue weighted by Crippen LogP contribution is -2.33. The van der Waals surface area contributed by atoms with Crippen LogP contribution in [0.2, 0.25) is 0 Å². The zero-order valence-corrected chi connectivity index (χ0v) is 12.2. The second kappa shape index (κ2) is 5.77. The topological polar surface area (TPSA) is 29.9 Å². The quantitative estimate of drug-likeness (QED) is 0.868. The van der Waals surface area contributed by atoms with E-state index in [-0.39, 0.29) is 0 Å². The molecule has 1 N–H and O–H groups in total. The molecular formula is C15H27N3. The summed E-state index contributed by atoms with van der Waals surface area (Å²) in [5, 5.41) is 3.70. The van der Waals surface area contributed by atoms with E-state index in [0.29, 0.717) is 12.1 Å². The fourth-order valence-electron chi connectivity index (χ4n) is 3.07. The SMILES string of the molecule is CCC1CCCCC1Nc1nc(C)cn1C(C)C. The summed E-state index contributed by atoms with van der Waals surface area (Å²) in [6, 6.07) is 1.08. The Morgan fingerprint density at radius 2 is 2.11 bits per heavy atom. The van der Waals surface area contributed by atoms with Crippen molar-refractivity contribution in [2.24, 2.45) is 5.92 Å². The number of nitrogens with zero attached hydrogens (tertiary/aromatic N) is 2. The molecular weight excluding hydrogens is 222 g/mol. The van der Waals surface area contributed by atoms with Crippen LogP contribution in [0.4, 0.5) is 5.95 Å². The van der Waals surface area contributed by atoms with Crippen LogP contribution in [-0.2, 0) is 0 Å². The molecule has 1 saturated carbocycles. The molecule has 2 unspecified atom stereocenters. The molecule has 18 heavy (non-hydrogen) atoms. The number of rotatable bonds is 4. The first-order chi connectivity index (χ1) is 8.61. The summed E-state index contributed by atoms with van der Waals surface area (Å²) in [4.78, 5) is 4.65. The molecule has 1 fully saturated rings. The van der Waals surface area contributed by atoms with E-state index >= 15 is 0 Å². The Kier molecular flexibility index (Phi) is 4.31. The molecule has 1 heterocycles. The van der Waals surface area contributed by atoms with Gasteiger partial charge in [-0.25, -0.2) is 4.98 Å². The first-order valence-corrected chi connectivity index (χ1v) is 7.43. The molecule has 1 aromatic rings. The van der Waals surface area contributed by atoms with Gasteiger partial charge >= 0.3 is 0 Å². The van der Waals surface area contributed by atoms with Crippen molar-refractivity contribution in [2.45, 2.75) is 71.9 Å². The number of hydrogen-bond acceptors (Lipinski definition) is 2. The van der Waals surface area contributed by atoms with Crippen molar-refractivity contribution in [1.29, 1.82) is 0 Å². The molecule has 0 saturated heterocycles. The van der Waals surface area contributed by atoms with Gasteiger partial charge in [0.05, 0.1) is 5.69 Å². The van der Waals surface area contributed by atoms with Crippen LogP contribution in [-0.4, -0.2) is 15.6 Å². The number of aromatic nitrogens is 2. The zero-order chi connectivity index (χ0) is 13.1. The predicted octanol–water partition coefficient (Wildman–Crippen LogP) is 4.15. The van der Waals surface area contributed by atoms with E-state index in [0.717, 1.165) is 17.6 Å². The van der Waals surface area contributed by atoms with Gasteiger partial charge in [0.1, 0.15) is 0 Å². The zero-order valence-electron chi connectivity index (χ0n) is 12.2. The molecule has 0 aromatic carbocycles. The highest BCUT2D eigenvalue weighted by Gasteiger charge is 2.25. The van der Waals surface area contributed by atoms with Gasteiger partial charge in [-0.15, -0.1) is 0 Å². The van der Waals surface area contributed by atoms with E-state index < -0.39 is 0 Å². The molecule has 102 valence electrons. The van der Waals surface area contributed by atoms with E-state index in [4.69, 9.17) is 0 Å². The van der Waals surface area contributed by atoms with Gasteiger partial charge in [0.25, 0.3) is 0 Å². The Balaban J connectivity index is 2.12. The third kappa shape index (κ3) is 2.88. The Labute approximate surface area is 111 Å². The summed E-state index contributed by atoms with van der Waals surface area (Å²) in [5.74, 6) is 1.88. The maximum atomic E-state index is 4.65. The molecule has 2 rings (SSSR count). The van der Waals surface area contributed by atoms with Crippen LogP contribution in [0, 0.1) is 12.8 Å². The number of hydrogen-bond donors (Lipinski definition) is 1. The molecule has 3 heteroatoms. The normalized spacial score (nSPS) is 24.5. The molecule has 1 aliphatic carbocycles. The third-order valence-corrected chi connectivity index (χ3v) is 4.16. The summed E-state index contributed by atoms with van der Waals surface area (Å²) < 4.78 is 2.26. The number of nitrogens with one attached hydrogen (secondary N) is 1. The van der Waals surface area contributed by atoms with Crippen molar-refractivity contribution in [2.75, 3.05) is 5.32 Å². The van der Waals surface area contributed by atoms with Crippen LogP contribution in [0.25, 0.3) is 0 Å². The van der Waals surface area contributed by atoms with Crippen molar-refractivity contribution < 1.29 is 0 Å². The van der Waals surface area contributed by atoms with Gasteiger partial charge in [0.15, 0.2) is 0 Å². The van der Waals surface area contributed by atoms with Crippen molar-refractivity contribution in [3.63, 3.8) is 0 Å².